The Balaban J connectivity index is 0. The van der Waals surface area contributed by atoms with Gasteiger partial charge in [-0.2, -0.15) is 0 Å². The first-order valence-electron chi connectivity index (χ1n) is 4.66. The number of rotatable bonds is 5. The topological polar surface area (TPSA) is 20.2 Å². The van der Waals surface area contributed by atoms with Crippen molar-refractivity contribution in [1.29, 1.82) is 0 Å². The third-order valence-corrected chi connectivity index (χ3v) is 2.72. The lowest BCUT2D eigenvalue weighted by Crippen LogP contribution is -3.00. The molecule has 2 nitrogen and oxygen atoms in total. The summed E-state index contributed by atoms with van der Waals surface area (Å²) in [5.74, 6) is 0. The fourth-order valence-electron chi connectivity index (χ4n) is 1.70. The summed E-state index contributed by atoms with van der Waals surface area (Å²) >= 11 is 0. The number of halogens is 1. The summed E-state index contributed by atoms with van der Waals surface area (Å²) < 4.78 is 0.844. The highest BCUT2D eigenvalue weighted by Crippen LogP contribution is 2.11. The van der Waals surface area contributed by atoms with Gasteiger partial charge in [0.05, 0.1) is 19.6 Å². The Morgan fingerprint density at radius 1 is 1.17 bits per heavy atom. The van der Waals surface area contributed by atoms with E-state index in [1.807, 2.05) is 6.92 Å². The van der Waals surface area contributed by atoms with Crippen LogP contribution in [0.15, 0.2) is 0 Å². The molecule has 0 fully saturated rings. The first-order valence-corrected chi connectivity index (χ1v) is 4.66. The monoisotopic (exact) mass is 239 g/mol. The average molecular weight is 240 g/mol. The summed E-state index contributed by atoms with van der Waals surface area (Å²) in [4.78, 5) is 0. The summed E-state index contributed by atoms with van der Waals surface area (Å²) in [5.41, 5.74) is 0. The van der Waals surface area contributed by atoms with E-state index in [2.05, 4.69) is 20.8 Å². The highest BCUT2D eigenvalue weighted by molar-refractivity contribution is 4.39. The smallest absolute Gasteiger partial charge is 0.187 e. The van der Waals surface area contributed by atoms with E-state index < -0.39 is 0 Å². The minimum absolute atomic E-state index is 0. The molecule has 0 rings (SSSR count). The highest BCUT2D eigenvalue weighted by atomic mass is 79.9. The van der Waals surface area contributed by atoms with E-state index in [1.54, 1.807) is 0 Å². The van der Waals surface area contributed by atoms with Crippen molar-refractivity contribution in [2.24, 2.45) is 0 Å². The van der Waals surface area contributed by atoms with Gasteiger partial charge in [0.1, 0.15) is 0 Å². The Morgan fingerprint density at radius 3 is 1.67 bits per heavy atom. The van der Waals surface area contributed by atoms with Crippen LogP contribution < -0.4 is 17.0 Å². The summed E-state index contributed by atoms with van der Waals surface area (Å²) in [6, 6.07) is 0. The number of hydrogen-bond donors (Lipinski definition) is 1. The van der Waals surface area contributed by atoms with E-state index in [9.17, 15) is 5.11 Å². The molecule has 0 aromatic carbocycles. The van der Waals surface area contributed by atoms with Crippen molar-refractivity contribution in [3.8, 4) is 0 Å². The standard InChI is InChI=1S/C9H22NO.BrH/c1-5-8-10(6-2,7-3)9(4)11;/h9,11H,5-8H2,1-4H3;1H/q+1;/p-1. The van der Waals surface area contributed by atoms with Crippen LogP contribution >= 0.6 is 0 Å². The van der Waals surface area contributed by atoms with Gasteiger partial charge in [-0.25, -0.2) is 0 Å². The molecule has 1 N–H and O–H groups in total. The Bertz CT molecular complexity index is 103. The molecule has 3 heteroatoms. The Morgan fingerprint density at radius 2 is 1.58 bits per heavy atom. The Kier molecular flexibility index (Phi) is 8.53. The number of aliphatic hydroxyl groups is 1. The normalized spacial score (nSPS) is 13.8. The van der Waals surface area contributed by atoms with Crippen molar-refractivity contribution >= 4 is 0 Å². The summed E-state index contributed by atoms with van der Waals surface area (Å²) in [7, 11) is 0. The van der Waals surface area contributed by atoms with Gasteiger partial charge in [-0.15, -0.1) is 0 Å². The van der Waals surface area contributed by atoms with Crippen molar-refractivity contribution in [3.63, 3.8) is 0 Å². The lowest BCUT2D eigenvalue weighted by Gasteiger charge is -2.39. The van der Waals surface area contributed by atoms with Gasteiger partial charge >= 0.3 is 0 Å². The molecule has 76 valence electrons. The molecule has 0 aliphatic carbocycles. The van der Waals surface area contributed by atoms with Gasteiger partial charge in [0.15, 0.2) is 6.23 Å². The van der Waals surface area contributed by atoms with Gasteiger partial charge in [-0.3, -0.25) is 4.48 Å². The lowest BCUT2D eigenvalue weighted by atomic mass is 10.3. The van der Waals surface area contributed by atoms with E-state index in [0.29, 0.717) is 0 Å². The number of aliphatic hydroxyl groups excluding tert-OH is 1. The highest BCUT2D eigenvalue weighted by Gasteiger charge is 2.27. The molecule has 0 saturated carbocycles. The summed E-state index contributed by atoms with van der Waals surface area (Å²) in [6.45, 7) is 11.5. The van der Waals surface area contributed by atoms with Gasteiger partial charge in [-0.05, 0) is 20.3 Å². The second-order valence-corrected chi connectivity index (χ2v) is 3.21. The maximum Gasteiger partial charge on any atom is 0.187 e. The molecule has 1 unspecified atom stereocenters. The Labute approximate surface area is 86.9 Å². The SMILES string of the molecule is CCC[N+](CC)(CC)C(C)O.[Br-]. The zero-order valence-electron chi connectivity index (χ0n) is 8.68. The minimum Gasteiger partial charge on any atom is -1.00 e. The van der Waals surface area contributed by atoms with E-state index in [-0.39, 0.29) is 23.2 Å². The van der Waals surface area contributed by atoms with Gasteiger partial charge in [0.25, 0.3) is 0 Å². The maximum atomic E-state index is 9.57. The van der Waals surface area contributed by atoms with Crippen molar-refractivity contribution in [1.82, 2.24) is 0 Å². The fraction of sp³-hybridized carbons (Fsp3) is 1.00. The average Bonchev–Trinajstić information content (AvgIpc) is 2.00. The predicted molar refractivity (Wildman–Crippen MR) is 48.2 cm³/mol. The van der Waals surface area contributed by atoms with Crippen LogP contribution in [0.4, 0.5) is 0 Å². The van der Waals surface area contributed by atoms with Crippen LogP contribution in [0.5, 0.6) is 0 Å². The van der Waals surface area contributed by atoms with Crippen molar-refractivity contribution < 1.29 is 26.6 Å². The maximum absolute atomic E-state index is 9.57. The first kappa shape index (κ1) is 14.9. The molecule has 12 heavy (non-hydrogen) atoms. The predicted octanol–water partition coefficient (Wildman–Crippen LogP) is -1.40. The molecule has 0 heterocycles. The molecule has 1 atom stereocenters. The minimum atomic E-state index is -0.218. The zero-order chi connectivity index (χ0) is 8.91. The van der Waals surface area contributed by atoms with Crippen molar-refractivity contribution in [3.05, 3.63) is 0 Å². The van der Waals surface area contributed by atoms with Crippen molar-refractivity contribution in [2.45, 2.75) is 40.3 Å². The van der Waals surface area contributed by atoms with Crippen LogP contribution in [-0.2, 0) is 0 Å². The second-order valence-electron chi connectivity index (χ2n) is 3.21. The molecule has 0 saturated heterocycles. The number of hydrogen-bond acceptors (Lipinski definition) is 1. The van der Waals surface area contributed by atoms with Crippen LogP contribution in [-0.4, -0.2) is 35.5 Å². The largest absolute Gasteiger partial charge is 1.00 e. The van der Waals surface area contributed by atoms with Gasteiger partial charge in [-0.1, -0.05) is 6.92 Å². The van der Waals surface area contributed by atoms with Crippen molar-refractivity contribution in [2.75, 3.05) is 19.6 Å². The molecular formula is C9H22BrNO. The third-order valence-electron chi connectivity index (χ3n) is 2.72. The molecule has 0 aliphatic rings. The zero-order valence-corrected chi connectivity index (χ0v) is 10.3. The molecule has 0 amide bonds. The summed E-state index contributed by atoms with van der Waals surface area (Å²) in [6.07, 6.45) is 0.928. The van der Waals surface area contributed by atoms with Gasteiger partial charge in [0, 0.05) is 6.92 Å². The molecule has 0 aromatic heterocycles. The van der Waals surface area contributed by atoms with Crippen LogP contribution in [0, 0.1) is 0 Å². The molecule has 0 radical (unpaired) electrons. The van der Waals surface area contributed by atoms with Crippen LogP contribution in [0.1, 0.15) is 34.1 Å². The van der Waals surface area contributed by atoms with E-state index in [4.69, 9.17) is 0 Å². The molecule has 0 spiro atoms. The Hall–Kier alpha value is 0.400. The number of quaternary nitrogens is 1. The fourth-order valence-corrected chi connectivity index (χ4v) is 1.70. The van der Waals surface area contributed by atoms with Gasteiger partial charge < -0.3 is 22.1 Å². The van der Waals surface area contributed by atoms with Crippen LogP contribution in [0.3, 0.4) is 0 Å². The molecular weight excluding hydrogens is 218 g/mol. The van der Waals surface area contributed by atoms with Crippen LogP contribution in [0.2, 0.25) is 0 Å². The second kappa shape index (κ2) is 6.87. The molecule has 0 aromatic rings. The molecule has 0 aliphatic heterocycles. The van der Waals surface area contributed by atoms with E-state index in [1.165, 1.54) is 0 Å². The lowest BCUT2D eigenvalue weighted by molar-refractivity contribution is -0.966. The molecule has 0 bridgehead atoms. The van der Waals surface area contributed by atoms with Gasteiger partial charge in [0.2, 0.25) is 0 Å². The third kappa shape index (κ3) is 3.42. The quantitative estimate of drug-likeness (QED) is 0.463. The summed E-state index contributed by atoms with van der Waals surface area (Å²) in [5, 5.41) is 9.57. The van der Waals surface area contributed by atoms with Crippen LogP contribution in [0.25, 0.3) is 0 Å². The van der Waals surface area contributed by atoms with E-state index >= 15 is 0 Å². The first-order chi connectivity index (χ1) is 5.13. The number of nitrogens with zero attached hydrogens (tertiary/aromatic N) is 1. The van der Waals surface area contributed by atoms with E-state index in [0.717, 1.165) is 30.5 Å².